The molecule has 5 nitrogen and oxygen atoms in total. The molecule has 19 heavy (non-hydrogen) atoms. The molecule has 1 aliphatic heterocycles. The van der Waals surface area contributed by atoms with E-state index in [4.69, 9.17) is 4.65 Å². The Morgan fingerprint density at radius 1 is 1.21 bits per heavy atom. The number of fused-ring (bicyclic) bond motifs is 1. The van der Waals surface area contributed by atoms with E-state index in [0.29, 0.717) is 6.61 Å². The van der Waals surface area contributed by atoms with Crippen molar-refractivity contribution < 1.29 is 9.68 Å². The third-order valence-electron chi connectivity index (χ3n) is 3.07. The number of benzene rings is 1. The standard InChI is InChI=1S/C13H14BN3O2/c18-14-13-8-11(4-3-10(13)5-7-19-14)16-17-12-2-1-6-15-9-12/h1-4,6,8-9,16-18H,5,7H2. The highest BCUT2D eigenvalue weighted by Gasteiger charge is 2.24. The molecule has 0 unspecified atom stereocenters. The predicted octanol–water partition coefficient (Wildman–Crippen LogP) is 0.781. The smallest absolute Gasteiger partial charge is 0.423 e. The van der Waals surface area contributed by atoms with Crippen molar-refractivity contribution in [2.24, 2.45) is 0 Å². The maximum absolute atomic E-state index is 9.79. The van der Waals surface area contributed by atoms with Crippen molar-refractivity contribution in [1.29, 1.82) is 0 Å². The fourth-order valence-corrected chi connectivity index (χ4v) is 2.08. The van der Waals surface area contributed by atoms with Gasteiger partial charge in [0.2, 0.25) is 0 Å². The van der Waals surface area contributed by atoms with Gasteiger partial charge in [-0.3, -0.25) is 10.4 Å². The molecule has 2 aromatic rings. The Labute approximate surface area is 111 Å². The van der Waals surface area contributed by atoms with Gasteiger partial charge in [-0.1, -0.05) is 6.07 Å². The Morgan fingerprint density at radius 3 is 2.95 bits per heavy atom. The molecule has 0 radical (unpaired) electrons. The van der Waals surface area contributed by atoms with Crippen LogP contribution in [0.15, 0.2) is 42.7 Å². The van der Waals surface area contributed by atoms with Crippen molar-refractivity contribution in [2.75, 3.05) is 17.5 Å². The number of pyridine rings is 1. The Balaban J connectivity index is 1.74. The highest BCUT2D eigenvalue weighted by Crippen LogP contribution is 2.13. The molecule has 96 valence electrons. The molecule has 6 heteroatoms. The average Bonchev–Trinajstić information content (AvgIpc) is 2.47. The van der Waals surface area contributed by atoms with Crippen LogP contribution in [0.2, 0.25) is 0 Å². The third-order valence-corrected chi connectivity index (χ3v) is 3.07. The summed E-state index contributed by atoms with van der Waals surface area (Å²) in [5.74, 6) is 0. The highest BCUT2D eigenvalue weighted by molar-refractivity contribution is 6.61. The lowest BCUT2D eigenvalue weighted by Gasteiger charge is -2.20. The second kappa shape index (κ2) is 5.30. The summed E-state index contributed by atoms with van der Waals surface area (Å²) >= 11 is 0. The molecule has 0 atom stereocenters. The molecule has 0 saturated carbocycles. The minimum absolute atomic E-state index is 0.564. The van der Waals surface area contributed by atoms with Gasteiger partial charge in [0.05, 0.1) is 17.6 Å². The molecule has 0 saturated heterocycles. The molecule has 0 spiro atoms. The number of hydrogen-bond acceptors (Lipinski definition) is 5. The van der Waals surface area contributed by atoms with Crippen LogP contribution in [0, 0.1) is 0 Å². The summed E-state index contributed by atoms with van der Waals surface area (Å²) in [7, 11) is -0.830. The van der Waals surface area contributed by atoms with E-state index in [0.717, 1.165) is 28.8 Å². The monoisotopic (exact) mass is 255 g/mol. The zero-order chi connectivity index (χ0) is 13.1. The van der Waals surface area contributed by atoms with Crippen molar-refractivity contribution in [3.63, 3.8) is 0 Å². The van der Waals surface area contributed by atoms with Crippen LogP contribution in [0.1, 0.15) is 5.56 Å². The summed E-state index contributed by atoms with van der Waals surface area (Å²) in [6.45, 7) is 0.564. The lowest BCUT2D eigenvalue weighted by Crippen LogP contribution is -2.41. The Kier molecular flexibility index (Phi) is 3.35. The van der Waals surface area contributed by atoms with Crippen LogP contribution < -0.4 is 16.3 Å². The molecule has 1 aromatic carbocycles. The van der Waals surface area contributed by atoms with Gasteiger partial charge in [-0.15, -0.1) is 0 Å². The van der Waals surface area contributed by atoms with Crippen LogP contribution in [-0.4, -0.2) is 23.7 Å². The quantitative estimate of drug-likeness (QED) is 0.558. The second-order valence-corrected chi connectivity index (χ2v) is 4.38. The number of nitrogens with zero attached hydrogens (tertiary/aromatic N) is 1. The molecule has 0 fully saturated rings. The van der Waals surface area contributed by atoms with Gasteiger partial charge in [0.1, 0.15) is 0 Å². The second-order valence-electron chi connectivity index (χ2n) is 4.38. The lowest BCUT2D eigenvalue weighted by molar-refractivity contribution is 0.266. The van der Waals surface area contributed by atoms with Crippen LogP contribution in [0.5, 0.6) is 0 Å². The van der Waals surface area contributed by atoms with Crippen LogP contribution in [0.3, 0.4) is 0 Å². The maximum Gasteiger partial charge on any atom is 0.491 e. The molecule has 2 heterocycles. The van der Waals surface area contributed by atoms with E-state index >= 15 is 0 Å². The molecule has 3 N–H and O–H groups in total. The molecule has 3 rings (SSSR count). The Bertz CT molecular complexity index is 565. The van der Waals surface area contributed by atoms with Crippen LogP contribution >= 0.6 is 0 Å². The Morgan fingerprint density at radius 2 is 2.11 bits per heavy atom. The number of aromatic nitrogens is 1. The van der Waals surface area contributed by atoms with Crippen LogP contribution in [0.4, 0.5) is 11.4 Å². The molecular weight excluding hydrogens is 241 g/mol. The van der Waals surface area contributed by atoms with E-state index in [-0.39, 0.29) is 0 Å². The molecule has 0 amide bonds. The first kappa shape index (κ1) is 12.0. The number of nitrogens with one attached hydrogen (secondary N) is 2. The normalized spacial score (nSPS) is 13.8. The molecule has 1 aliphatic rings. The zero-order valence-electron chi connectivity index (χ0n) is 10.3. The van der Waals surface area contributed by atoms with Crippen LogP contribution in [0.25, 0.3) is 0 Å². The minimum atomic E-state index is -0.830. The van der Waals surface area contributed by atoms with Gasteiger partial charge in [-0.05, 0) is 41.7 Å². The zero-order valence-corrected chi connectivity index (χ0v) is 10.3. The van der Waals surface area contributed by atoms with Crippen molar-refractivity contribution in [1.82, 2.24) is 4.98 Å². The average molecular weight is 255 g/mol. The van der Waals surface area contributed by atoms with Crippen molar-refractivity contribution in [2.45, 2.75) is 6.42 Å². The van der Waals surface area contributed by atoms with Gasteiger partial charge in [-0.2, -0.15) is 0 Å². The minimum Gasteiger partial charge on any atom is -0.423 e. The molecule has 1 aromatic heterocycles. The van der Waals surface area contributed by atoms with E-state index in [1.54, 1.807) is 12.4 Å². The van der Waals surface area contributed by atoms with Crippen molar-refractivity contribution in [3.8, 4) is 0 Å². The summed E-state index contributed by atoms with van der Waals surface area (Å²) in [6, 6.07) is 9.64. The van der Waals surface area contributed by atoms with Gasteiger partial charge < -0.3 is 15.1 Å². The largest absolute Gasteiger partial charge is 0.491 e. The van der Waals surface area contributed by atoms with Gasteiger partial charge in [0, 0.05) is 12.8 Å². The van der Waals surface area contributed by atoms with Crippen LogP contribution in [-0.2, 0) is 11.1 Å². The first-order chi connectivity index (χ1) is 9.33. The molecule has 0 aliphatic carbocycles. The summed E-state index contributed by atoms with van der Waals surface area (Å²) in [6.07, 6.45) is 4.28. The van der Waals surface area contributed by atoms with Gasteiger partial charge in [0.15, 0.2) is 0 Å². The summed E-state index contributed by atoms with van der Waals surface area (Å²) in [4.78, 5) is 4.02. The number of rotatable bonds is 3. The van der Waals surface area contributed by atoms with Gasteiger partial charge in [-0.25, -0.2) is 0 Å². The summed E-state index contributed by atoms with van der Waals surface area (Å²) < 4.78 is 5.22. The van der Waals surface area contributed by atoms with E-state index in [1.807, 2.05) is 30.3 Å². The fraction of sp³-hybridized carbons (Fsp3) is 0.154. The van der Waals surface area contributed by atoms with E-state index in [2.05, 4.69) is 15.8 Å². The topological polar surface area (TPSA) is 66.4 Å². The lowest BCUT2D eigenvalue weighted by atomic mass is 9.73. The van der Waals surface area contributed by atoms with E-state index < -0.39 is 7.12 Å². The number of hydrazine groups is 1. The number of hydrogen-bond donors (Lipinski definition) is 3. The fourth-order valence-electron chi connectivity index (χ4n) is 2.08. The predicted molar refractivity (Wildman–Crippen MR) is 75.2 cm³/mol. The molecular formula is C13H14BN3O2. The Hall–Kier alpha value is -2.05. The van der Waals surface area contributed by atoms with E-state index in [1.165, 1.54) is 0 Å². The molecule has 0 bridgehead atoms. The van der Waals surface area contributed by atoms with Crippen molar-refractivity contribution >= 4 is 24.0 Å². The third kappa shape index (κ3) is 2.69. The summed E-state index contributed by atoms with van der Waals surface area (Å²) in [5, 5.41) is 9.79. The number of anilines is 2. The first-order valence-electron chi connectivity index (χ1n) is 6.17. The SMILES string of the molecule is OB1OCCc2ccc(NNc3cccnc3)cc21. The van der Waals surface area contributed by atoms with Gasteiger partial charge >= 0.3 is 7.12 Å². The summed E-state index contributed by atoms with van der Waals surface area (Å²) in [5.41, 5.74) is 9.82. The highest BCUT2D eigenvalue weighted by atomic mass is 16.5. The van der Waals surface area contributed by atoms with E-state index in [9.17, 15) is 5.02 Å². The van der Waals surface area contributed by atoms with Crippen molar-refractivity contribution in [3.05, 3.63) is 48.3 Å². The first-order valence-corrected chi connectivity index (χ1v) is 6.17. The maximum atomic E-state index is 9.79. The van der Waals surface area contributed by atoms with Gasteiger partial charge in [0.25, 0.3) is 0 Å².